The monoisotopic (exact) mass is 296 g/mol. The van der Waals surface area contributed by atoms with Crippen molar-refractivity contribution >= 4 is 11.6 Å². The standard InChI is InChI=1S/C17H20N4O/c1-22-16-8-7-15(19-11-16)10-20-17(18)21-14-6-5-12-3-2-4-13(12)9-14/h5-9,11H,2-4,10H2,1H3,(H3,18,20,21). The van der Waals surface area contributed by atoms with Crippen LogP contribution in [0.4, 0.5) is 5.69 Å². The van der Waals surface area contributed by atoms with Crippen LogP contribution < -0.4 is 15.8 Å². The summed E-state index contributed by atoms with van der Waals surface area (Å²) in [5.74, 6) is 1.13. The summed E-state index contributed by atoms with van der Waals surface area (Å²) in [6.45, 7) is 0.438. The predicted molar refractivity (Wildman–Crippen MR) is 88.2 cm³/mol. The van der Waals surface area contributed by atoms with Crippen LogP contribution in [-0.2, 0) is 19.4 Å². The Balaban J connectivity index is 1.62. The van der Waals surface area contributed by atoms with E-state index in [-0.39, 0.29) is 0 Å². The molecule has 1 aliphatic rings. The zero-order valence-electron chi connectivity index (χ0n) is 12.7. The number of nitrogens with two attached hydrogens (primary N) is 1. The molecule has 0 fully saturated rings. The zero-order chi connectivity index (χ0) is 15.4. The summed E-state index contributed by atoms with van der Waals surface area (Å²) in [6, 6.07) is 10.1. The van der Waals surface area contributed by atoms with Crippen molar-refractivity contribution in [2.75, 3.05) is 12.4 Å². The van der Waals surface area contributed by atoms with Crippen molar-refractivity contribution in [3.8, 4) is 5.75 Å². The first-order valence-corrected chi connectivity index (χ1v) is 7.42. The Morgan fingerprint density at radius 1 is 1.27 bits per heavy atom. The van der Waals surface area contributed by atoms with Gasteiger partial charge in [-0.2, -0.15) is 0 Å². The molecule has 0 radical (unpaired) electrons. The minimum Gasteiger partial charge on any atom is -0.495 e. The molecule has 0 atom stereocenters. The summed E-state index contributed by atoms with van der Waals surface area (Å²) in [7, 11) is 1.62. The molecule has 22 heavy (non-hydrogen) atoms. The van der Waals surface area contributed by atoms with Gasteiger partial charge in [-0.25, -0.2) is 4.99 Å². The molecule has 0 spiro atoms. The third-order valence-corrected chi connectivity index (χ3v) is 3.82. The van der Waals surface area contributed by atoms with Crippen molar-refractivity contribution in [1.29, 1.82) is 0 Å². The Morgan fingerprint density at radius 3 is 2.91 bits per heavy atom. The van der Waals surface area contributed by atoms with E-state index in [0.29, 0.717) is 12.5 Å². The van der Waals surface area contributed by atoms with Gasteiger partial charge in [-0.1, -0.05) is 6.07 Å². The minimum absolute atomic E-state index is 0.399. The van der Waals surface area contributed by atoms with Gasteiger partial charge in [-0.15, -0.1) is 0 Å². The molecule has 3 N–H and O–H groups in total. The molecule has 114 valence electrons. The van der Waals surface area contributed by atoms with Crippen LogP contribution in [0.15, 0.2) is 41.5 Å². The lowest BCUT2D eigenvalue weighted by Gasteiger charge is -2.08. The van der Waals surface area contributed by atoms with Crippen LogP contribution in [0.2, 0.25) is 0 Å². The molecular weight excluding hydrogens is 276 g/mol. The lowest BCUT2D eigenvalue weighted by Crippen LogP contribution is -2.22. The second kappa shape index (κ2) is 6.47. The Hall–Kier alpha value is -2.56. The SMILES string of the molecule is COc1ccc(CN=C(N)Nc2ccc3c(c2)CCC3)nc1. The van der Waals surface area contributed by atoms with E-state index < -0.39 is 0 Å². The van der Waals surface area contributed by atoms with Gasteiger partial charge in [0.1, 0.15) is 5.75 Å². The van der Waals surface area contributed by atoms with Crippen LogP contribution in [0.5, 0.6) is 5.75 Å². The van der Waals surface area contributed by atoms with E-state index in [1.165, 1.54) is 24.0 Å². The number of pyridine rings is 1. The van der Waals surface area contributed by atoms with Crippen LogP contribution in [0.3, 0.4) is 0 Å². The molecule has 1 aliphatic carbocycles. The summed E-state index contributed by atoms with van der Waals surface area (Å²) in [6.07, 6.45) is 5.25. The van der Waals surface area contributed by atoms with Crippen LogP contribution in [-0.4, -0.2) is 18.1 Å². The molecule has 0 aliphatic heterocycles. The third-order valence-electron chi connectivity index (χ3n) is 3.82. The highest BCUT2D eigenvalue weighted by molar-refractivity contribution is 5.92. The number of aliphatic imine (C=N–C) groups is 1. The number of guanidine groups is 1. The highest BCUT2D eigenvalue weighted by Gasteiger charge is 2.10. The Kier molecular flexibility index (Phi) is 4.23. The number of rotatable bonds is 4. The number of aromatic nitrogens is 1. The number of hydrogen-bond acceptors (Lipinski definition) is 3. The molecule has 1 heterocycles. The van der Waals surface area contributed by atoms with Gasteiger partial charge in [0.25, 0.3) is 0 Å². The van der Waals surface area contributed by atoms with E-state index in [1.807, 2.05) is 12.1 Å². The topological polar surface area (TPSA) is 72.5 Å². The number of nitrogens with one attached hydrogen (secondary N) is 1. The van der Waals surface area contributed by atoms with Crippen molar-refractivity contribution in [3.05, 3.63) is 53.3 Å². The van der Waals surface area contributed by atoms with Gasteiger partial charge in [0.2, 0.25) is 0 Å². The number of benzene rings is 1. The second-order valence-corrected chi connectivity index (χ2v) is 5.35. The number of fused-ring (bicyclic) bond motifs is 1. The normalized spacial score (nSPS) is 13.8. The molecule has 5 nitrogen and oxygen atoms in total. The molecule has 2 aromatic rings. The fraction of sp³-hybridized carbons (Fsp3) is 0.294. The van der Waals surface area contributed by atoms with E-state index in [0.717, 1.165) is 23.6 Å². The molecule has 0 saturated heterocycles. The highest BCUT2D eigenvalue weighted by atomic mass is 16.5. The molecule has 3 rings (SSSR count). The smallest absolute Gasteiger partial charge is 0.193 e. The maximum absolute atomic E-state index is 5.94. The first-order valence-electron chi connectivity index (χ1n) is 7.42. The van der Waals surface area contributed by atoms with Crippen molar-refractivity contribution in [3.63, 3.8) is 0 Å². The molecule has 0 bridgehead atoms. The fourth-order valence-corrected chi connectivity index (χ4v) is 2.63. The highest BCUT2D eigenvalue weighted by Crippen LogP contribution is 2.24. The number of hydrogen-bond donors (Lipinski definition) is 2. The predicted octanol–water partition coefficient (Wildman–Crippen LogP) is 2.51. The van der Waals surface area contributed by atoms with Crippen LogP contribution in [0, 0.1) is 0 Å². The van der Waals surface area contributed by atoms with Crippen molar-refractivity contribution in [1.82, 2.24) is 4.98 Å². The van der Waals surface area contributed by atoms with Gasteiger partial charge < -0.3 is 15.8 Å². The second-order valence-electron chi connectivity index (χ2n) is 5.35. The largest absolute Gasteiger partial charge is 0.495 e. The first-order chi connectivity index (χ1) is 10.7. The van der Waals surface area contributed by atoms with Gasteiger partial charge in [-0.05, 0) is 54.7 Å². The van der Waals surface area contributed by atoms with Gasteiger partial charge in [0.15, 0.2) is 5.96 Å². The Bertz CT molecular complexity index is 680. The van der Waals surface area contributed by atoms with Crippen LogP contribution >= 0.6 is 0 Å². The third kappa shape index (κ3) is 3.36. The van der Waals surface area contributed by atoms with E-state index in [1.54, 1.807) is 13.3 Å². The van der Waals surface area contributed by atoms with Gasteiger partial charge in [-0.3, -0.25) is 4.98 Å². The summed E-state index contributed by atoms with van der Waals surface area (Å²) in [5, 5.41) is 3.14. The van der Waals surface area contributed by atoms with Crippen molar-refractivity contribution in [2.24, 2.45) is 10.7 Å². The van der Waals surface area contributed by atoms with Crippen molar-refractivity contribution < 1.29 is 4.74 Å². The molecule has 1 aromatic heterocycles. The maximum Gasteiger partial charge on any atom is 0.193 e. The quantitative estimate of drug-likeness (QED) is 0.671. The summed E-state index contributed by atoms with van der Waals surface area (Å²) in [4.78, 5) is 8.58. The van der Waals surface area contributed by atoms with Crippen molar-refractivity contribution in [2.45, 2.75) is 25.8 Å². The van der Waals surface area contributed by atoms with E-state index in [4.69, 9.17) is 10.5 Å². The number of aryl methyl sites for hydroxylation is 2. The Morgan fingerprint density at radius 2 is 2.14 bits per heavy atom. The number of ether oxygens (including phenoxy) is 1. The molecule has 1 aromatic carbocycles. The summed E-state index contributed by atoms with van der Waals surface area (Å²) >= 11 is 0. The van der Waals surface area contributed by atoms with Crippen LogP contribution in [0.1, 0.15) is 23.2 Å². The van der Waals surface area contributed by atoms with E-state index in [9.17, 15) is 0 Å². The number of nitrogens with zero attached hydrogens (tertiary/aromatic N) is 2. The van der Waals surface area contributed by atoms with Gasteiger partial charge in [0.05, 0.1) is 25.5 Å². The number of methoxy groups -OCH3 is 1. The number of anilines is 1. The summed E-state index contributed by atoms with van der Waals surface area (Å²) < 4.78 is 5.07. The van der Waals surface area contributed by atoms with Gasteiger partial charge >= 0.3 is 0 Å². The van der Waals surface area contributed by atoms with Crippen LogP contribution in [0.25, 0.3) is 0 Å². The lowest BCUT2D eigenvalue weighted by molar-refractivity contribution is 0.412. The first kappa shape index (κ1) is 14.4. The minimum atomic E-state index is 0.399. The zero-order valence-corrected chi connectivity index (χ0v) is 12.7. The molecule has 0 saturated carbocycles. The fourth-order valence-electron chi connectivity index (χ4n) is 2.63. The maximum atomic E-state index is 5.94. The summed E-state index contributed by atoms with van der Waals surface area (Å²) in [5.41, 5.74) is 10.6. The lowest BCUT2D eigenvalue weighted by atomic mass is 10.1. The molecular formula is C17H20N4O. The molecule has 5 heteroatoms. The Labute approximate surface area is 130 Å². The molecule has 0 unspecified atom stereocenters. The van der Waals surface area contributed by atoms with Gasteiger partial charge in [0, 0.05) is 5.69 Å². The average molecular weight is 296 g/mol. The van der Waals surface area contributed by atoms with E-state index in [2.05, 4.69) is 33.5 Å². The average Bonchev–Trinajstić information content (AvgIpc) is 3.01. The molecule has 0 amide bonds. The van der Waals surface area contributed by atoms with E-state index >= 15 is 0 Å².